The zero-order chi connectivity index (χ0) is 14.4. The van der Waals surface area contributed by atoms with Crippen molar-refractivity contribution in [2.75, 3.05) is 6.54 Å². The Labute approximate surface area is 121 Å². The molecule has 0 aliphatic carbocycles. The summed E-state index contributed by atoms with van der Waals surface area (Å²) in [6, 6.07) is 10.7. The van der Waals surface area contributed by atoms with Gasteiger partial charge in [0.15, 0.2) is 5.78 Å². The Kier molecular flexibility index (Phi) is 4.70. The van der Waals surface area contributed by atoms with Crippen LogP contribution in [0.3, 0.4) is 0 Å². The molecule has 0 aliphatic rings. The summed E-state index contributed by atoms with van der Waals surface area (Å²) in [6.07, 6.45) is 0. The molecule has 4 heteroatoms. The molecule has 1 heterocycles. The average molecular weight is 283 g/mol. The standard InChI is InChI=1S/C16H13NO2S/c1-12(18)14-8-6-13(7-9-14)4-2-10-17-16(19)15-5-3-11-20-15/h3,5-9,11H,10H2,1H3,(H,17,19). The van der Waals surface area contributed by atoms with Crippen LogP contribution in [0.1, 0.15) is 32.5 Å². The maximum Gasteiger partial charge on any atom is 0.262 e. The van der Waals surface area contributed by atoms with Gasteiger partial charge >= 0.3 is 0 Å². The van der Waals surface area contributed by atoms with Gasteiger partial charge in [-0.3, -0.25) is 9.59 Å². The molecule has 0 radical (unpaired) electrons. The molecule has 0 fully saturated rings. The second-order valence-electron chi connectivity index (χ2n) is 4.10. The number of carbonyl (C=O) groups excluding carboxylic acids is 2. The monoisotopic (exact) mass is 283 g/mol. The number of benzene rings is 1. The van der Waals surface area contributed by atoms with Crippen LogP contribution in [0.2, 0.25) is 0 Å². The Balaban J connectivity index is 1.88. The lowest BCUT2D eigenvalue weighted by molar-refractivity contribution is 0.0961. The zero-order valence-corrected chi connectivity index (χ0v) is 11.8. The van der Waals surface area contributed by atoms with Crippen molar-refractivity contribution in [3.63, 3.8) is 0 Å². The van der Waals surface area contributed by atoms with E-state index in [0.29, 0.717) is 17.0 Å². The molecular weight excluding hydrogens is 270 g/mol. The van der Waals surface area contributed by atoms with Crippen molar-refractivity contribution in [1.29, 1.82) is 0 Å². The van der Waals surface area contributed by atoms with E-state index in [9.17, 15) is 9.59 Å². The maximum absolute atomic E-state index is 11.6. The predicted octanol–water partition coefficient (Wildman–Crippen LogP) is 2.73. The second-order valence-corrected chi connectivity index (χ2v) is 5.04. The van der Waals surface area contributed by atoms with Gasteiger partial charge < -0.3 is 5.32 Å². The van der Waals surface area contributed by atoms with Crippen LogP contribution < -0.4 is 5.32 Å². The van der Waals surface area contributed by atoms with E-state index >= 15 is 0 Å². The summed E-state index contributed by atoms with van der Waals surface area (Å²) < 4.78 is 0. The number of Topliss-reactive ketones (excluding diaryl/α,β-unsaturated/α-hetero) is 1. The molecule has 0 spiro atoms. The molecule has 0 atom stereocenters. The molecular formula is C16H13NO2S. The van der Waals surface area contributed by atoms with E-state index in [4.69, 9.17) is 0 Å². The lowest BCUT2D eigenvalue weighted by Gasteiger charge is -1.97. The third-order valence-corrected chi connectivity index (χ3v) is 3.48. The molecule has 1 aromatic heterocycles. The number of nitrogens with one attached hydrogen (secondary N) is 1. The fraction of sp³-hybridized carbons (Fsp3) is 0.125. The minimum Gasteiger partial charge on any atom is -0.340 e. The maximum atomic E-state index is 11.6. The van der Waals surface area contributed by atoms with E-state index in [1.54, 1.807) is 30.3 Å². The van der Waals surface area contributed by atoms with Gasteiger partial charge in [0.05, 0.1) is 11.4 Å². The number of rotatable bonds is 3. The number of amides is 1. The summed E-state index contributed by atoms with van der Waals surface area (Å²) in [5, 5.41) is 4.59. The molecule has 1 N–H and O–H groups in total. The van der Waals surface area contributed by atoms with Crippen LogP contribution in [0.4, 0.5) is 0 Å². The van der Waals surface area contributed by atoms with Crippen LogP contribution >= 0.6 is 11.3 Å². The van der Waals surface area contributed by atoms with Crippen molar-refractivity contribution in [1.82, 2.24) is 5.32 Å². The van der Waals surface area contributed by atoms with Crippen molar-refractivity contribution in [3.05, 3.63) is 57.8 Å². The van der Waals surface area contributed by atoms with E-state index in [-0.39, 0.29) is 11.7 Å². The first kappa shape index (κ1) is 14.0. The van der Waals surface area contributed by atoms with Crippen LogP contribution in [0.25, 0.3) is 0 Å². The van der Waals surface area contributed by atoms with Crippen molar-refractivity contribution in [2.45, 2.75) is 6.92 Å². The topological polar surface area (TPSA) is 46.2 Å². The number of hydrogen-bond donors (Lipinski definition) is 1. The predicted molar refractivity (Wildman–Crippen MR) is 80.0 cm³/mol. The van der Waals surface area contributed by atoms with E-state index in [1.165, 1.54) is 18.3 Å². The van der Waals surface area contributed by atoms with Gasteiger partial charge in [0.25, 0.3) is 5.91 Å². The quantitative estimate of drug-likeness (QED) is 0.695. The molecule has 2 aromatic rings. The molecule has 20 heavy (non-hydrogen) atoms. The third-order valence-electron chi connectivity index (χ3n) is 2.61. The first-order chi connectivity index (χ1) is 9.66. The Morgan fingerprint density at radius 2 is 1.95 bits per heavy atom. The summed E-state index contributed by atoms with van der Waals surface area (Å²) in [5.74, 6) is 5.74. The highest BCUT2D eigenvalue weighted by atomic mass is 32.1. The minimum absolute atomic E-state index is 0.0349. The fourth-order valence-corrected chi connectivity index (χ4v) is 2.19. The van der Waals surface area contributed by atoms with Crippen LogP contribution in [0, 0.1) is 11.8 Å². The van der Waals surface area contributed by atoms with Crippen molar-refractivity contribution < 1.29 is 9.59 Å². The van der Waals surface area contributed by atoms with Gasteiger partial charge in [0.1, 0.15) is 0 Å². The van der Waals surface area contributed by atoms with Crippen LogP contribution in [-0.2, 0) is 0 Å². The lowest BCUT2D eigenvalue weighted by Crippen LogP contribution is -2.22. The highest BCUT2D eigenvalue weighted by molar-refractivity contribution is 7.12. The molecule has 1 aromatic carbocycles. The molecule has 0 bridgehead atoms. The number of hydrogen-bond acceptors (Lipinski definition) is 3. The lowest BCUT2D eigenvalue weighted by atomic mass is 10.1. The van der Waals surface area contributed by atoms with E-state index in [1.807, 2.05) is 11.4 Å². The van der Waals surface area contributed by atoms with Gasteiger partial charge in [-0.25, -0.2) is 0 Å². The first-order valence-corrected chi connectivity index (χ1v) is 6.96. The zero-order valence-electron chi connectivity index (χ0n) is 11.0. The van der Waals surface area contributed by atoms with Gasteiger partial charge in [-0.2, -0.15) is 0 Å². The van der Waals surface area contributed by atoms with E-state index in [0.717, 1.165) is 5.56 Å². The summed E-state index contributed by atoms with van der Waals surface area (Å²) in [4.78, 5) is 23.4. The Bertz CT molecular complexity index is 661. The van der Waals surface area contributed by atoms with Gasteiger partial charge in [0.2, 0.25) is 0 Å². The van der Waals surface area contributed by atoms with E-state index < -0.39 is 0 Å². The van der Waals surface area contributed by atoms with Crippen LogP contribution in [0.5, 0.6) is 0 Å². The molecule has 2 rings (SSSR count). The Morgan fingerprint density at radius 3 is 2.55 bits per heavy atom. The molecule has 1 amide bonds. The molecule has 0 aliphatic heterocycles. The smallest absolute Gasteiger partial charge is 0.262 e. The fourth-order valence-electron chi connectivity index (χ4n) is 1.55. The van der Waals surface area contributed by atoms with Crippen molar-refractivity contribution in [3.8, 4) is 11.8 Å². The number of ketones is 1. The number of thiophene rings is 1. The average Bonchev–Trinajstić information content (AvgIpc) is 2.98. The largest absolute Gasteiger partial charge is 0.340 e. The summed E-state index contributed by atoms with van der Waals surface area (Å²) in [6.45, 7) is 1.83. The summed E-state index contributed by atoms with van der Waals surface area (Å²) >= 11 is 1.40. The molecule has 100 valence electrons. The highest BCUT2D eigenvalue weighted by Gasteiger charge is 2.03. The number of carbonyl (C=O) groups is 2. The third kappa shape index (κ3) is 3.81. The van der Waals surface area contributed by atoms with Crippen LogP contribution in [0.15, 0.2) is 41.8 Å². The van der Waals surface area contributed by atoms with E-state index in [2.05, 4.69) is 17.2 Å². The normalized spacial score (nSPS) is 9.45. The summed E-state index contributed by atoms with van der Waals surface area (Å²) in [7, 11) is 0. The molecule has 3 nitrogen and oxygen atoms in total. The summed E-state index contributed by atoms with van der Waals surface area (Å²) in [5.41, 5.74) is 1.49. The van der Waals surface area contributed by atoms with Gasteiger partial charge in [-0.1, -0.05) is 30.0 Å². The SMILES string of the molecule is CC(=O)c1ccc(C#CCNC(=O)c2cccs2)cc1. The van der Waals surface area contributed by atoms with Gasteiger partial charge in [-0.05, 0) is 30.5 Å². The first-order valence-electron chi connectivity index (χ1n) is 6.08. The van der Waals surface area contributed by atoms with Crippen LogP contribution in [-0.4, -0.2) is 18.2 Å². The van der Waals surface area contributed by atoms with Gasteiger partial charge in [-0.15, -0.1) is 11.3 Å². The van der Waals surface area contributed by atoms with Crippen molar-refractivity contribution >= 4 is 23.0 Å². The Morgan fingerprint density at radius 1 is 1.20 bits per heavy atom. The highest BCUT2D eigenvalue weighted by Crippen LogP contribution is 2.07. The Hall–Kier alpha value is -2.38. The second kappa shape index (κ2) is 6.69. The van der Waals surface area contributed by atoms with Gasteiger partial charge in [0, 0.05) is 11.1 Å². The van der Waals surface area contributed by atoms with Crippen molar-refractivity contribution in [2.24, 2.45) is 0 Å². The molecule has 0 unspecified atom stereocenters. The minimum atomic E-state index is -0.110. The molecule has 0 saturated heterocycles. The molecule has 0 saturated carbocycles.